The van der Waals surface area contributed by atoms with Gasteiger partial charge in [0.15, 0.2) is 6.10 Å². The molecule has 0 bridgehead atoms. The Labute approximate surface area is 455 Å². The highest BCUT2D eigenvalue weighted by Gasteiger charge is 2.19. The van der Waals surface area contributed by atoms with Crippen LogP contribution in [0.15, 0.2) is 134 Å². The predicted octanol–water partition coefficient (Wildman–Crippen LogP) is 20.6. The lowest BCUT2D eigenvalue weighted by Crippen LogP contribution is -2.30. The summed E-state index contributed by atoms with van der Waals surface area (Å²) in [5, 5.41) is 0. The van der Waals surface area contributed by atoms with Gasteiger partial charge in [-0.2, -0.15) is 0 Å². The maximum atomic E-state index is 12.9. The first kappa shape index (κ1) is 69.5. The molecule has 0 amide bonds. The smallest absolute Gasteiger partial charge is 0.306 e. The number of carbonyl (C=O) groups is 3. The molecule has 0 aliphatic rings. The topological polar surface area (TPSA) is 78.9 Å². The Morgan fingerprint density at radius 1 is 0.297 bits per heavy atom. The zero-order valence-electron chi connectivity index (χ0n) is 47.8. The van der Waals surface area contributed by atoms with Crippen LogP contribution >= 0.6 is 0 Å². The minimum Gasteiger partial charge on any atom is -0.462 e. The van der Waals surface area contributed by atoms with Crippen LogP contribution in [0, 0.1) is 0 Å². The summed E-state index contributed by atoms with van der Waals surface area (Å²) in [6, 6.07) is 0. The van der Waals surface area contributed by atoms with Crippen molar-refractivity contribution in [2.75, 3.05) is 13.2 Å². The molecule has 6 heteroatoms. The molecular formula is C68H110O6. The van der Waals surface area contributed by atoms with Crippen molar-refractivity contribution >= 4 is 17.9 Å². The first-order valence-corrected chi connectivity index (χ1v) is 30.3. The Morgan fingerprint density at radius 2 is 0.595 bits per heavy atom. The molecule has 0 saturated heterocycles. The summed E-state index contributed by atoms with van der Waals surface area (Å²) in [4.78, 5) is 38.3. The van der Waals surface area contributed by atoms with Crippen LogP contribution in [-0.2, 0) is 28.6 Å². The number of carbonyl (C=O) groups excluding carboxylic acids is 3. The fourth-order valence-corrected chi connectivity index (χ4v) is 8.12. The average molecular weight is 1020 g/mol. The molecular weight excluding hydrogens is 913 g/mol. The van der Waals surface area contributed by atoms with E-state index in [2.05, 4.69) is 81.5 Å². The SMILES string of the molecule is CC\C=C/C=C\C=C/C=C\C=C\C=C/C=C\CCCCCC(=O)OCC(COC(=O)CCCCCCCCCCCCCCCCCCCC)OC(=O)CCCCCCCC/C=C\C/C=C\C/C=C\C/C=C\CC. The lowest BCUT2D eigenvalue weighted by Gasteiger charge is -2.18. The van der Waals surface area contributed by atoms with Crippen LogP contribution in [-0.4, -0.2) is 37.2 Å². The Balaban J connectivity index is 4.52. The highest BCUT2D eigenvalue weighted by atomic mass is 16.6. The van der Waals surface area contributed by atoms with E-state index in [0.717, 1.165) is 109 Å². The Hall–Kier alpha value is -4.45. The number of unbranched alkanes of at least 4 members (excludes halogenated alkanes) is 26. The molecule has 1 unspecified atom stereocenters. The van der Waals surface area contributed by atoms with Crippen molar-refractivity contribution in [2.45, 2.75) is 264 Å². The molecule has 0 saturated carbocycles. The van der Waals surface area contributed by atoms with Crippen LogP contribution in [0.2, 0.25) is 0 Å². The van der Waals surface area contributed by atoms with Crippen LogP contribution < -0.4 is 0 Å². The maximum Gasteiger partial charge on any atom is 0.306 e. The number of rotatable bonds is 53. The van der Waals surface area contributed by atoms with E-state index in [9.17, 15) is 14.4 Å². The number of hydrogen-bond acceptors (Lipinski definition) is 6. The van der Waals surface area contributed by atoms with Gasteiger partial charge < -0.3 is 14.2 Å². The van der Waals surface area contributed by atoms with E-state index in [4.69, 9.17) is 14.2 Å². The molecule has 0 aromatic heterocycles. The fourth-order valence-electron chi connectivity index (χ4n) is 8.12. The minimum absolute atomic E-state index is 0.101. The highest BCUT2D eigenvalue weighted by molar-refractivity contribution is 5.71. The maximum absolute atomic E-state index is 12.9. The van der Waals surface area contributed by atoms with Crippen LogP contribution in [0.25, 0.3) is 0 Å². The first-order valence-electron chi connectivity index (χ1n) is 30.3. The van der Waals surface area contributed by atoms with Crippen molar-refractivity contribution in [3.05, 3.63) is 134 Å². The van der Waals surface area contributed by atoms with E-state index in [1.54, 1.807) is 0 Å². The normalized spacial score (nSPS) is 13.1. The zero-order chi connectivity index (χ0) is 53.6. The molecule has 0 radical (unpaired) electrons. The van der Waals surface area contributed by atoms with E-state index < -0.39 is 6.10 Å². The third-order valence-electron chi connectivity index (χ3n) is 12.6. The van der Waals surface area contributed by atoms with Crippen molar-refractivity contribution in [3.8, 4) is 0 Å². The molecule has 418 valence electrons. The molecule has 0 aliphatic carbocycles. The van der Waals surface area contributed by atoms with E-state index in [1.807, 2.05) is 72.9 Å². The van der Waals surface area contributed by atoms with Gasteiger partial charge in [0.1, 0.15) is 13.2 Å². The van der Waals surface area contributed by atoms with Gasteiger partial charge in [-0.25, -0.2) is 0 Å². The molecule has 0 spiro atoms. The van der Waals surface area contributed by atoms with Gasteiger partial charge >= 0.3 is 17.9 Å². The van der Waals surface area contributed by atoms with Crippen LogP contribution in [0.4, 0.5) is 0 Å². The van der Waals surface area contributed by atoms with Crippen molar-refractivity contribution in [1.82, 2.24) is 0 Å². The lowest BCUT2D eigenvalue weighted by atomic mass is 10.0. The Morgan fingerprint density at radius 3 is 1.00 bits per heavy atom. The van der Waals surface area contributed by atoms with Crippen LogP contribution in [0.1, 0.15) is 258 Å². The number of ether oxygens (including phenoxy) is 3. The summed E-state index contributed by atoms with van der Waals surface area (Å²) in [5.41, 5.74) is 0. The van der Waals surface area contributed by atoms with Crippen molar-refractivity contribution < 1.29 is 28.6 Å². The molecule has 0 heterocycles. The molecule has 0 N–H and O–H groups in total. The van der Waals surface area contributed by atoms with Crippen LogP contribution in [0.5, 0.6) is 0 Å². The second kappa shape index (κ2) is 61.1. The Kier molecular flexibility index (Phi) is 57.4. The van der Waals surface area contributed by atoms with Crippen molar-refractivity contribution in [1.29, 1.82) is 0 Å². The van der Waals surface area contributed by atoms with E-state index >= 15 is 0 Å². The molecule has 0 fully saturated rings. The number of hydrogen-bond donors (Lipinski definition) is 0. The highest BCUT2D eigenvalue weighted by Crippen LogP contribution is 2.16. The molecule has 1 atom stereocenters. The second-order valence-electron chi connectivity index (χ2n) is 19.7. The van der Waals surface area contributed by atoms with Gasteiger partial charge in [-0.3, -0.25) is 14.4 Å². The number of esters is 3. The van der Waals surface area contributed by atoms with E-state index in [-0.39, 0.29) is 31.1 Å². The molecule has 0 aromatic carbocycles. The van der Waals surface area contributed by atoms with E-state index in [1.165, 1.54) is 109 Å². The molecule has 0 aliphatic heterocycles. The first-order chi connectivity index (χ1) is 36.5. The summed E-state index contributed by atoms with van der Waals surface area (Å²) in [6.07, 6.45) is 85.8. The van der Waals surface area contributed by atoms with Gasteiger partial charge in [0.25, 0.3) is 0 Å². The largest absolute Gasteiger partial charge is 0.462 e. The lowest BCUT2D eigenvalue weighted by molar-refractivity contribution is -0.167. The summed E-state index contributed by atoms with van der Waals surface area (Å²) < 4.78 is 16.9. The molecule has 6 nitrogen and oxygen atoms in total. The predicted molar refractivity (Wildman–Crippen MR) is 320 cm³/mol. The third kappa shape index (κ3) is 58.4. The standard InChI is InChI=1S/C68H110O6/c1-4-7-10-13-16-19-22-25-28-31-34-37-40-43-46-49-52-55-58-61-67(70)73-64-65(63-72-66(69)60-57-54-51-48-45-42-39-36-33-30-27-24-21-18-15-12-9-6-3)74-68(71)62-59-56-53-50-47-44-41-38-35-32-29-26-23-20-17-14-11-8-5-2/h7-8,10-11,13,16-17,19-20,22,25-26,28-29,31,34-35,37-38,40,43,46,65H,4-6,9,12,14-15,18,21,23-24,27,30,32-33,36,39,41-42,44-45,47-64H2,1-3H3/b10-7-,11-8-,16-13-,20-17-,22-19-,28-25-,29-26-,34-31+,38-35-,40-37-,46-43-. The second-order valence-corrected chi connectivity index (χ2v) is 19.7. The van der Waals surface area contributed by atoms with Gasteiger partial charge in [-0.1, -0.05) is 296 Å². The number of allylic oxidation sites excluding steroid dienone is 22. The van der Waals surface area contributed by atoms with Gasteiger partial charge in [-0.05, 0) is 77.0 Å². The summed E-state index contributed by atoms with van der Waals surface area (Å²) in [7, 11) is 0. The summed E-state index contributed by atoms with van der Waals surface area (Å²) >= 11 is 0. The zero-order valence-corrected chi connectivity index (χ0v) is 47.8. The monoisotopic (exact) mass is 1020 g/mol. The Bertz CT molecular complexity index is 1600. The molecule has 0 aromatic rings. The molecule has 74 heavy (non-hydrogen) atoms. The molecule has 0 rings (SSSR count). The fraction of sp³-hybridized carbons (Fsp3) is 0.632. The van der Waals surface area contributed by atoms with Crippen molar-refractivity contribution in [3.63, 3.8) is 0 Å². The third-order valence-corrected chi connectivity index (χ3v) is 12.6. The average Bonchev–Trinajstić information content (AvgIpc) is 3.40. The van der Waals surface area contributed by atoms with Crippen molar-refractivity contribution in [2.24, 2.45) is 0 Å². The van der Waals surface area contributed by atoms with Gasteiger partial charge in [0, 0.05) is 19.3 Å². The van der Waals surface area contributed by atoms with Crippen LogP contribution in [0.3, 0.4) is 0 Å². The van der Waals surface area contributed by atoms with Gasteiger partial charge in [-0.15, -0.1) is 0 Å². The summed E-state index contributed by atoms with van der Waals surface area (Å²) in [6.45, 7) is 6.34. The summed E-state index contributed by atoms with van der Waals surface area (Å²) in [5.74, 6) is -0.960. The van der Waals surface area contributed by atoms with Gasteiger partial charge in [0.2, 0.25) is 0 Å². The quantitative estimate of drug-likeness (QED) is 0.0199. The van der Waals surface area contributed by atoms with Gasteiger partial charge in [0.05, 0.1) is 0 Å². The minimum atomic E-state index is -0.810. The van der Waals surface area contributed by atoms with E-state index in [0.29, 0.717) is 19.3 Å².